The van der Waals surface area contributed by atoms with Crippen LogP contribution in [0, 0.1) is 0 Å². The summed E-state index contributed by atoms with van der Waals surface area (Å²) in [6.07, 6.45) is 0. The van der Waals surface area contributed by atoms with Crippen LogP contribution in [0.2, 0.25) is 39.3 Å². The Morgan fingerprint density at radius 2 is 1.60 bits per heavy atom. The van der Waals surface area contributed by atoms with Crippen molar-refractivity contribution in [2.24, 2.45) is 5.73 Å². The average Bonchev–Trinajstić information content (AvgIpc) is 1.95. The molecule has 1 atom stereocenters. The molecule has 0 spiro atoms. The van der Waals surface area contributed by atoms with Gasteiger partial charge < -0.3 is 14.6 Å². The summed E-state index contributed by atoms with van der Waals surface area (Å²) in [5.41, 5.74) is 5.68. The minimum atomic E-state index is -1.83. The summed E-state index contributed by atoms with van der Waals surface area (Å²) in [5.74, 6) is -0.340. The van der Waals surface area contributed by atoms with E-state index < -0.39 is 22.7 Å². The standard InChI is InChI=1S/C9H23NO3Si2/c1-14(2,3)12-7-8(10)9(11)13-15(4,5)6/h8H,7,10H2,1-6H3. The minimum Gasteiger partial charge on any atom is -0.519 e. The molecule has 0 fully saturated rings. The zero-order valence-corrected chi connectivity index (χ0v) is 12.6. The fourth-order valence-corrected chi connectivity index (χ4v) is 2.22. The minimum absolute atomic E-state index is 0.263. The molecule has 0 radical (unpaired) electrons. The van der Waals surface area contributed by atoms with Crippen molar-refractivity contribution in [3.05, 3.63) is 0 Å². The summed E-state index contributed by atoms with van der Waals surface area (Å²) in [4.78, 5) is 11.5. The van der Waals surface area contributed by atoms with Gasteiger partial charge in [0.15, 0.2) is 8.32 Å². The predicted octanol–water partition coefficient (Wildman–Crippen LogP) is 1.54. The number of nitrogens with two attached hydrogens (primary N) is 1. The Kier molecular flexibility index (Phi) is 5.18. The van der Waals surface area contributed by atoms with Gasteiger partial charge in [-0.1, -0.05) is 0 Å². The molecule has 0 bridgehead atoms. The molecule has 0 amide bonds. The predicted molar refractivity (Wildman–Crippen MR) is 66.7 cm³/mol. The van der Waals surface area contributed by atoms with E-state index in [0.717, 1.165) is 0 Å². The van der Waals surface area contributed by atoms with Crippen LogP contribution in [0.3, 0.4) is 0 Å². The molecule has 0 aromatic heterocycles. The molecule has 0 aliphatic rings. The van der Waals surface area contributed by atoms with E-state index in [4.69, 9.17) is 14.6 Å². The van der Waals surface area contributed by atoms with Crippen LogP contribution in [-0.2, 0) is 13.6 Å². The summed E-state index contributed by atoms with van der Waals surface area (Å²) < 4.78 is 10.8. The second kappa shape index (κ2) is 5.24. The molecule has 90 valence electrons. The molecule has 0 rings (SSSR count). The maximum Gasteiger partial charge on any atom is 0.311 e. The first-order valence-corrected chi connectivity index (χ1v) is 12.0. The maximum absolute atomic E-state index is 11.5. The first-order valence-electron chi connectivity index (χ1n) is 5.14. The topological polar surface area (TPSA) is 61.5 Å². The van der Waals surface area contributed by atoms with Crippen molar-refractivity contribution in [3.63, 3.8) is 0 Å². The van der Waals surface area contributed by atoms with Crippen molar-refractivity contribution < 1.29 is 13.6 Å². The Morgan fingerprint density at radius 1 is 1.13 bits per heavy atom. The molecule has 6 heteroatoms. The summed E-state index contributed by atoms with van der Waals surface area (Å²) in [5, 5.41) is 0. The van der Waals surface area contributed by atoms with Crippen LogP contribution < -0.4 is 5.73 Å². The largest absolute Gasteiger partial charge is 0.519 e. The van der Waals surface area contributed by atoms with Crippen molar-refractivity contribution in [1.29, 1.82) is 0 Å². The average molecular weight is 249 g/mol. The second-order valence-electron chi connectivity index (χ2n) is 5.56. The highest BCUT2D eigenvalue weighted by Crippen LogP contribution is 2.06. The molecular weight excluding hydrogens is 226 g/mol. The van der Waals surface area contributed by atoms with Gasteiger partial charge in [0, 0.05) is 0 Å². The smallest absolute Gasteiger partial charge is 0.311 e. The van der Waals surface area contributed by atoms with Gasteiger partial charge in [-0.2, -0.15) is 0 Å². The van der Waals surface area contributed by atoms with Gasteiger partial charge in [0.05, 0.1) is 6.61 Å². The quantitative estimate of drug-likeness (QED) is 0.751. The van der Waals surface area contributed by atoms with Crippen LogP contribution in [-0.4, -0.2) is 35.3 Å². The molecule has 0 aromatic carbocycles. The molecule has 1 unspecified atom stereocenters. The molecule has 15 heavy (non-hydrogen) atoms. The first kappa shape index (κ1) is 14.8. The fourth-order valence-electron chi connectivity index (χ4n) is 0.785. The van der Waals surface area contributed by atoms with Gasteiger partial charge in [0.2, 0.25) is 8.32 Å². The summed E-state index contributed by atoms with van der Waals surface area (Å²) in [6.45, 7) is 12.3. The molecule has 0 saturated heterocycles. The molecule has 2 N–H and O–H groups in total. The van der Waals surface area contributed by atoms with Crippen molar-refractivity contribution >= 4 is 22.6 Å². The lowest BCUT2D eigenvalue weighted by Crippen LogP contribution is -2.44. The molecule has 0 aromatic rings. The summed E-state index contributed by atoms with van der Waals surface area (Å²) >= 11 is 0. The lowest BCUT2D eigenvalue weighted by Gasteiger charge is -2.23. The number of carbonyl (C=O) groups excluding carboxylic acids is 1. The van der Waals surface area contributed by atoms with E-state index in [-0.39, 0.29) is 12.6 Å². The SMILES string of the molecule is C[Si](C)(C)OCC(N)C(=O)O[Si](C)(C)C. The zero-order chi connectivity index (χ0) is 12.3. The highest BCUT2D eigenvalue weighted by molar-refractivity contribution is 6.71. The molecule has 4 nitrogen and oxygen atoms in total. The molecule has 0 aliphatic heterocycles. The van der Waals surface area contributed by atoms with Gasteiger partial charge in [0.25, 0.3) is 0 Å². The van der Waals surface area contributed by atoms with Crippen LogP contribution in [0.15, 0.2) is 0 Å². The van der Waals surface area contributed by atoms with Gasteiger partial charge in [-0.3, -0.25) is 4.79 Å². The van der Waals surface area contributed by atoms with E-state index in [1.54, 1.807) is 0 Å². The van der Waals surface area contributed by atoms with E-state index in [1.165, 1.54) is 0 Å². The number of hydrogen-bond acceptors (Lipinski definition) is 4. The first-order chi connectivity index (χ1) is 6.51. The van der Waals surface area contributed by atoms with Crippen LogP contribution in [0.5, 0.6) is 0 Å². The van der Waals surface area contributed by atoms with Crippen LogP contribution in [0.1, 0.15) is 0 Å². The Labute approximate surface area is 94.4 Å². The Balaban J connectivity index is 4.01. The van der Waals surface area contributed by atoms with Crippen LogP contribution >= 0.6 is 0 Å². The lowest BCUT2D eigenvalue weighted by molar-refractivity contribution is -0.137. The summed E-state index contributed by atoms with van der Waals surface area (Å²) in [7, 11) is -3.43. The monoisotopic (exact) mass is 249 g/mol. The van der Waals surface area contributed by atoms with Gasteiger partial charge in [-0.15, -0.1) is 0 Å². The van der Waals surface area contributed by atoms with Gasteiger partial charge in [-0.25, -0.2) is 0 Å². The van der Waals surface area contributed by atoms with Crippen molar-refractivity contribution in [1.82, 2.24) is 0 Å². The van der Waals surface area contributed by atoms with Gasteiger partial charge >= 0.3 is 5.97 Å². The zero-order valence-electron chi connectivity index (χ0n) is 10.6. The van der Waals surface area contributed by atoms with Crippen LogP contribution in [0.4, 0.5) is 0 Å². The fraction of sp³-hybridized carbons (Fsp3) is 0.889. The van der Waals surface area contributed by atoms with Crippen molar-refractivity contribution in [2.45, 2.75) is 45.3 Å². The highest BCUT2D eigenvalue weighted by Gasteiger charge is 2.25. The lowest BCUT2D eigenvalue weighted by atomic mass is 10.3. The molecule has 0 heterocycles. The van der Waals surface area contributed by atoms with Crippen LogP contribution in [0.25, 0.3) is 0 Å². The van der Waals surface area contributed by atoms with Gasteiger partial charge in [0.1, 0.15) is 6.04 Å². The normalized spacial score (nSPS) is 14.9. The van der Waals surface area contributed by atoms with Gasteiger partial charge in [-0.05, 0) is 39.3 Å². The van der Waals surface area contributed by atoms with Crippen molar-refractivity contribution in [3.8, 4) is 0 Å². The highest BCUT2D eigenvalue weighted by atomic mass is 28.4. The molecule has 0 aliphatic carbocycles. The van der Waals surface area contributed by atoms with E-state index >= 15 is 0 Å². The number of rotatable bonds is 5. The summed E-state index contributed by atoms with van der Waals surface area (Å²) in [6, 6.07) is -0.650. The number of carbonyl (C=O) groups is 1. The maximum atomic E-state index is 11.5. The van der Waals surface area contributed by atoms with E-state index in [2.05, 4.69) is 19.6 Å². The Morgan fingerprint density at radius 3 is 1.93 bits per heavy atom. The van der Waals surface area contributed by atoms with E-state index in [1.807, 2.05) is 19.6 Å². The third kappa shape index (κ3) is 8.79. The third-order valence-corrected chi connectivity index (χ3v) is 3.25. The second-order valence-corrected chi connectivity index (χ2v) is 14.5. The van der Waals surface area contributed by atoms with E-state index in [9.17, 15) is 4.79 Å². The Bertz CT molecular complexity index is 220. The molecule has 0 saturated carbocycles. The third-order valence-electron chi connectivity index (χ3n) is 1.41. The molecular formula is C9H23NO3Si2. The van der Waals surface area contributed by atoms with E-state index in [0.29, 0.717) is 0 Å². The van der Waals surface area contributed by atoms with Crippen molar-refractivity contribution in [2.75, 3.05) is 6.61 Å². The Hall–Kier alpha value is -0.176. The number of hydrogen-bond donors (Lipinski definition) is 1.